The normalized spacial score (nSPS) is 11.1. The van der Waals surface area contributed by atoms with E-state index in [4.69, 9.17) is 14.2 Å². The van der Waals surface area contributed by atoms with Crippen LogP contribution in [0.2, 0.25) is 0 Å². The summed E-state index contributed by atoms with van der Waals surface area (Å²) >= 11 is 0. The molecule has 0 aliphatic carbocycles. The first-order chi connectivity index (χ1) is 16.4. The average Bonchev–Trinajstić information content (AvgIpc) is 2.82. The Bertz CT molecular complexity index is 1010. The Labute approximate surface area is 203 Å². The van der Waals surface area contributed by atoms with Crippen molar-refractivity contribution in [2.75, 3.05) is 13.2 Å². The second kappa shape index (κ2) is 12.8. The molecule has 0 aliphatic heterocycles. The third-order valence-corrected chi connectivity index (χ3v) is 5.02. The number of hydrogen-bond acceptors (Lipinski definition) is 4. The molecule has 5 nitrogen and oxygen atoms in total. The summed E-state index contributed by atoms with van der Waals surface area (Å²) in [7, 11) is 0. The Morgan fingerprint density at radius 1 is 0.824 bits per heavy atom. The Hall–Kier alpha value is -3.31. The Balaban J connectivity index is 1.53. The summed E-state index contributed by atoms with van der Waals surface area (Å²) in [5.74, 6) is 0.805. The molecule has 0 spiro atoms. The van der Waals surface area contributed by atoms with E-state index >= 15 is 0 Å². The van der Waals surface area contributed by atoms with Crippen molar-refractivity contribution in [3.63, 3.8) is 0 Å². The lowest BCUT2D eigenvalue weighted by molar-refractivity contribution is 0.0523. The average molecular weight is 462 g/mol. The maximum Gasteiger partial charge on any atom is 0.407 e. The van der Waals surface area contributed by atoms with Crippen molar-refractivity contribution in [1.82, 2.24) is 5.32 Å². The van der Waals surface area contributed by atoms with E-state index in [0.717, 1.165) is 35.3 Å². The van der Waals surface area contributed by atoms with Crippen LogP contribution in [0.5, 0.6) is 5.75 Å². The lowest BCUT2D eigenvalue weighted by Gasteiger charge is -2.20. The van der Waals surface area contributed by atoms with E-state index in [0.29, 0.717) is 26.4 Å². The van der Waals surface area contributed by atoms with Crippen LogP contribution in [0.25, 0.3) is 11.1 Å². The highest BCUT2D eigenvalue weighted by atomic mass is 16.6. The topological polar surface area (TPSA) is 56.8 Å². The first-order valence-corrected chi connectivity index (χ1v) is 11.8. The van der Waals surface area contributed by atoms with Crippen LogP contribution < -0.4 is 10.1 Å². The zero-order chi connectivity index (χ0) is 24.2. The summed E-state index contributed by atoms with van der Waals surface area (Å²) in [6.45, 7) is 7.83. The summed E-state index contributed by atoms with van der Waals surface area (Å²) in [5, 5.41) is 2.81. The minimum absolute atomic E-state index is 0.369. The molecule has 0 fully saturated rings. The molecule has 0 radical (unpaired) electrons. The molecule has 0 saturated heterocycles. The third kappa shape index (κ3) is 8.91. The summed E-state index contributed by atoms with van der Waals surface area (Å²) in [6, 6.07) is 26.4. The molecule has 3 rings (SSSR count). The summed E-state index contributed by atoms with van der Waals surface area (Å²) in [4.78, 5) is 12.0. The Morgan fingerprint density at radius 3 is 2.21 bits per heavy atom. The van der Waals surface area contributed by atoms with Crippen LogP contribution in [0.15, 0.2) is 78.9 Å². The molecule has 0 aliphatic rings. The highest BCUT2D eigenvalue weighted by Crippen LogP contribution is 2.31. The first-order valence-electron chi connectivity index (χ1n) is 11.8. The van der Waals surface area contributed by atoms with Crippen LogP contribution in [-0.2, 0) is 22.6 Å². The lowest BCUT2D eigenvalue weighted by atomic mass is 10.0. The number of hydrogen-bond donors (Lipinski definition) is 1. The molecular formula is C29H35NO4. The van der Waals surface area contributed by atoms with Gasteiger partial charge in [0.15, 0.2) is 0 Å². The van der Waals surface area contributed by atoms with Crippen LogP contribution in [0, 0.1) is 0 Å². The zero-order valence-corrected chi connectivity index (χ0v) is 20.4. The van der Waals surface area contributed by atoms with Crippen molar-refractivity contribution in [2.24, 2.45) is 0 Å². The van der Waals surface area contributed by atoms with E-state index in [1.54, 1.807) is 0 Å². The number of benzene rings is 3. The minimum atomic E-state index is -0.527. The fraction of sp³-hybridized carbons (Fsp3) is 0.345. The number of alkyl carbamates (subject to hydrolysis) is 1. The fourth-order valence-corrected chi connectivity index (χ4v) is 3.39. The van der Waals surface area contributed by atoms with Crippen LogP contribution >= 0.6 is 0 Å². The summed E-state index contributed by atoms with van der Waals surface area (Å²) in [5.41, 5.74) is 3.73. The van der Waals surface area contributed by atoms with E-state index in [2.05, 4.69) is 29.6 Å². The standard InChI is InChI=1S/C29H35NO4/c1-29(2,3)34-28(31)30-21-24-16-17-26(25-14-8-5-9-15-25)27(20-24)33-19-11-10-18-32-22-23-12-6-4-7-13-23/h4-9,12-17,20H,10-11,18-19,21-22H2,1-3H3,(H,30,31). The molecule has 3 aromatic carbocycles. The van der Waals surface area contributed by atoms with Gasteiger partial charge in [-0.05, 0) is 56.4 Å². The van der Waals surface area contributed by atoms with Crippen molar-refractivity contribution in [2.45, 2.75) is 52.4 Å². The Morgan fingerprint density at radius 2 is 1.50 bits per heavy atom. The molecule has 1 amide bonds. The number of unbranched alkanes of at least 4 members (excludes halogenated alkanes) is 1. The number of carbonyl (C=O) groups excluding carboxylic acids is 1. The van der Waals surface area contributed by atoms with Gasteiger partial charge in [0.2, 0.25) is 0 Å². The summed E-state index contributed by atoms with van der Waals surface area (Å²) < 4.78 is 17.3. The van der Waals surface area contributed by atoms with Gasteiger partial charge in [0, 0.05) is 18.7 Å². The lowest BCUT2D eigenvalue weighted by Crippen LogP contribution is -2.32. The van der Waals surface area contributed by atoms with Gasteiger partial charge in [0.1, 0.15) is 11.4 Å². The van der Waals surface area contributed by atoms with Crippen LogP contribution in [-0.4, -0.2) is 24.9 Å². The molecular weight excluding hydrogens is 426 g/mol. The van der Waals surface area contributed by atoms with Gasteiger partial charge in [-0.1, -0.05) is 72.8 Å². The largest absolute Gasteiger partial charge is 0.493 e. The highest BCUT2D eigenvalue weighted by Gasteiger charge is 2.16. The van der Waals surface area contributed by atoms with Crippen molar-refractivity contribution >= 4 is 6.09 Å². The quantitative estimate of drug-likeness (QED) is 0.321. The summed E-state index contributed by atoms with van der Waals surface area (Å²) in [6.07, 6.45) is 1.38. The molecule has 1 N–H and O–H groups in total. The maximum atomic E-state index is 12.0. The van der Waals surface area contributed by atoms with Gasteiger partial charge in [0.05, 0.1) is 13.2 Å². The fourth-order valence-electron chi connectivity index (χ4n) is 3.39. The molecule has 0 atom stereocenters. The molecule has 5 heteroatoms. The van der Waals surface area contributed by atoms with Crippen molar-refractivity contribution in [1.29, 1.82) is 0 Å². The SMILES string of the molecule is CC(C)(C)OC(=O)NCc1ccc(-c2ccccc2)c(OCCCCOCc2ccccc2)c1. The molecule has 180 valence electrons. The van der Waals surface area contributed by atoms with E-state index in [-0.39, 0.29) is 0 Å². The second-order valence-electron chi connectivity index (χ2n) is 9.15. The number of amides is 1. The minimum Gasteiger partial charge on any atom is -0.493 e. The molecule has 3 aromatic rings. The predicted octanol–water partition coefficient (Wildman–Crippen LogP) is 6.75. The van der Waals surface area contributed by atoms with Crippen LogP contribution in [0.1, 0.15) is 44.7 Å². The van der Waals surface area contributed by atoms with Gasteiger partial charge >= 0.3 is 6.09 Å². The maximum absolute atomic E-state index is 12.0. The van der Waals surface area contributed by atoms with E-state index < -0.39 is 11.7 Å². The molecule has 0 heterocycles. The second-order valence-corrected chi connectivity index (χ2v) is 9.15. The van der Waals surface area contributed by atoms with Gasteiger partial charge in [0.25, 0.3) is 0 Å². The van der Waals surface area contributed by atoms with Gasteiger partial charge in [-0.3, -0.25) is 0 Å². The number of ether oxygens (including phenoxy) is 3. The molecule has 0 aromatic heterocycles. The van der Waals surface area contributed by atoms with Crippen LogP contribution in [0.3, 0.4) is 0 Å². The van der Waals surface area contributed by atoms with Gasteiger partial charge in [-0.15, -0.1) is 0 Å². The van der Waals surface area contributed by atoms with Gasteiger partial charge in [-0.2, -0.15) is 0 Å². The number of nitrogens with one attached hydrogen (secondary N) is 1. The number of rotatable bonds is 11. The highest BCUT2D eigenvalue weighted by molar-refractivity contribution is 5.71. The zero-order valence-electron chi connectivity index (χ0n) is 20.4. The van der Waals surface area contributed by atoms with Crippen molar-refractivity contribution < 1.29 is 19.0 Å². The van der Waals surface area contributed by atoms with Crippen molar-refractivity contribution in [3.05, 3.63) is 90.0 Å². The van der Waals surface area contributed by atoms with Crippen LogP contribution in [0.4, 0.5) is 4.79 Å². The van der Waals surface area contributed by atoms with Gasteiger partial charge in [-0.25, -0.2) is 4.79 Å². The van der Waals surface area contributed by atoms with E-state index in [1.165, 1.54) is 5.56 Å². The predicted molar refractivity (Wildman–Crippen MR) is 136 cm³/mol. The monoisotopic (exact) mass is 461 g/mol. The molecule has 0 unspecified atom stereocenters. The molecule has 0 bridgehead atoms. The molecule has 0 saturated carbocycles. The van der Waals surface area contributed by atoms with Crippen molar-refractivity contribution in [3.8, 4) is 16.9 Å². The van der Waals surface area contributed by atoms with E-state index in [1.807, 2.05) is 75.4 Å². The number of carbonyl (C=O) groups is 1. The molecule has 34 heavy (non-hydrogen) atoms. The smallest absolute Gasteiger partial charge is 0.407 e. The van der Waals surface area contributed by atoms with E-state index in [9.17, 15) is 4.79 Å². The Kier molecular flexibility index (Phi) is 9.53. The third-order valence-electron chi connectivity index (χ3n) is 5.02. The van der Waals surface area contributed by atoms with Gasteiger partial charge < -0.3 is 19.5 Å². The first kappa shape index (κ1) is 25.3.